The number of hydrogen-bond acceptors (Lipinski definition) is 3. The van der Waals surface area contributed by atoms with Gasteiger partial charge in [-0.25, -0.2) is 4.99 Å². The van der Waals surface area contributed by atoms with E-state index in [1.165, 1.54) is 0 Å². The van der Waals surface area contributed by atoms with Gasteiger partial charge < -0.3 is 10.6 Å². The molecule has 0 aromatic heterocycles. The van der Waals surface area contributed by atoms with Crippen LogP contribution in [0.15, 0.2) is 34.3 Å². The molecule has 0 spiro atoms. The highest BCUT2D eigenvalue weighted by molar-refractivity contribution is 7.80. The van der Waals surface area contributed by atoms with Crippen molar-refractivity contribution >= 4 is 34.8 Å². The maximum atomic E-state index is 12.2. The maximum absolute atomic E-state index is 12.2. The van der Waals surface area contributed by atoms with Crippen molar-refractivity contribution in [3.63, 3.8) is 0 Å². The van der Waals surface area contributed by atoms with E-state index in [2.05, 4.69) is 28.6 Å². The Morgan fingerprint density at radius 2 is 2.15 bits per heavy atom. The van der Waals surface area contributed by atoms with Crippen molar-refractivity contribution < 1.29 is 4.79 Å². The van der Waals surface area contributed by atoms with Crippen LogP contribution >= 0.6 is 12.2 Å². The van der Waals surface area contributed by atoms with Gasteiger partial charge in [-0.2, -0.15) is 0 Å². The second-order valence-corrected chi connectivity index (χ2v) is 7.66. The number of aliphatic imine (C=N–C) groups is 2. The van der Waals surface area contributed by atoms with E-state index in [0.29, 0.717) is 11.0 Å². The van der Waals surface area contributed by atoms with E-state index in [0.717, 1.165) is 63.2 Å². The second kappa shape index (κ2) is 9.21. The number of hydrogen-bond donors (Lipinski definition) is 2. The lowest BCUT2D eigenvalue weighted by Crippen LogP contribution is -2.42. The number of allylic oxidation sites excluding steroid dienone is 3. The number of carbonyl (C=O) groups excluding carboxylic acids is 1. The summed E-state index contributed by atoms with van der Waals surface area (Å²) in [5.41, 5.74) is 0.961. The van der Waals surface area contributed by atoms with Crippen LogP contribution in [0.3, 0.4) is 0 Å². The molecular weight excluding hydrogens is 344 g/mol. The predicted molar refractivity (Wildman–Crippen MR) is 111 cm³/mol. The first-order valence-corrected chi connectivity index (χ1v) is 10.1. The fourth-order valence-corrected chi connectivity index (χ4v) is 3.92. The van der Waals surface area contributed by atoms with Crippen molar-refractivity contribution in [2.75, 3.05) is 13.1 Å². The fraction of sp³-hybridized carbons (Fsp3) is 0.600. The maximum Gasteiger partial charge on any atom is 0.223 e. The Morgan fingerprint density at radius 3 is 2.92 bits per heavy atom. The Bertz CT molecular complexity index is 657. The predicted octanol–water partition coefficient (Wildman–Crippen LogP) is 3.18. The van der Waals surface area contributed by atoms with Gasteiger partial charge in [-0.1, -0.05) is 31.6 Å². The second-order valence-electron chi connectivity index (χ2n) is 7.28. The van der Waals surface area contributed by atoms with Crippen molar-refractivity contribution in [2.24, 2.45) is 27.7 Å². The molecule has 3 rings (SSSR count). The molecule has 5 nitrogen and oxygen atoms in total. The van der Waals surface area contributed by atoms with Crippen LogP contribution in [0.2, 0.25) is 0 Å². The fourth-order valence-electron chi connectivity index (χ4n) is 3.71. The third kappa shape index (κ3) is 4.87. The molecule has 0 saturated heterocycles. The van der Waals surface area contributed by atoms with Gasteiger partial charge in [0.15, 0.2) is 5.11 Å². The standard InChI is InChI=1S/C20H28N4OS/c1-2-3-12-21-19(25)15-10-8-14(9-11-15)13-22-18-16-6-4-5-7-17(16)23-20(26)24-18/h4-7,14-16H,2-3,8-13H2,1H3,(H,21,25)(H,22,24,26). The summed E-state index contributed by atoms with van der Waals surface area (Å²) >= 11 is 5.23. The minimum atomic E-state index is 0.0902. The number of fused-ring (bicyclic) bond motifs is 1. The molecular formula is C20H28N4OS. The number of rotatable bonds is 6. The highest BCUT2D eigenvalue weighted by Crippen LogP contribution is 2.29. The van der Waals surface area contributed by atoms with E-state index >= 15 is 0 Å². The summed E-state index contributed by atoms with van der Waals surface area (Å²) in [6.45, 7) is 3.74. The normalized spacial score (nSPS) is 29.1. The summed E-state index contributed by atoms with van der Waals surface area (Å²) in [4.78, 5) is 21.4. The van der Waals surface area contributed by atoms with E-state index in [1.807, 2.05) is 18.2 Å². The zero-order valence-electron chi connectivity index (χ0n) is 15.4. The number of amidine groups is 1. The Hall–Kier alpha value is -1.82. The van der Waals surface area contributed by atoms with Gasteiger partial charge in [0.25, 0.3) is 0 Å². The molecule has 140 valence electrons. The van der Waals surface area contributed by atoms with Gasteiger partial charge in [0, 0.05) is 19.0 Å². The molecule has 0 radical (unpaired) electrons. The summed E-state index contributed by atoms with van der Waals surface area (Å²) in [5.74, 6) is 1.96. The van der Waals surface area contributed by atoms with Crippen LogP contribution in [0, 0.1) is 17.8 Å². The van der Waals surface area contributed by atoms with Crippen LogP contribution in [0.4, 0.5) is 0 Å². The van der Waals surface area contributed by atoms with Gasteiger partial charge in [-0.05, 0) is 56.3 Å². The van der Waals surface area contributed by atoms with Crippen LogP contribution in [0.25, 0.3) is 0 Å². The number of nitrogens with one attached hydrogen (secondary N) is 2. The molecule has 1 atom stereocenters. The molecule has 1 aliphatic heterocycles. The highest BCUT2D eigenvalue weighted by atomic mass is 32.1. The average Bonchev–Trinajstić information content (AvgIpc) is 2.66. The van der Waals surface area contributed by atoms with Crippen molar-refractivity contribution in [3.05, 3.63) is 24.3 Å². The molecule has 26 heavy (non-hydrogen) atoms. The molecule has 3 aliphatic rings. The molecule has 1 amide bonds. The molecule has 0 bridgehead atoms. The molecule has 6 heteroatoms. The lowest BCUT2D eigenvalue weighted by Gasteiger charge is -2.28. The Labute approximate surface area is 161 Å². The monoisotopic (exact) mass is 372 g/mol. The number of carbonyl (C=O) groups is 1. The van der Waals surface area contributed by atoms with Crippen molar-refractivity contribution in [3.8, 4) is 0 Å². The number of unbranched alkanes of at least 4 members (excludes halogenated alkanes) is 1. The molecule has 1 unspecified atom stereocenters. The first kappa shape index (κ1) is 19.0. The highest BCUT2D eigenvalue weighted by Gasteiger charge is 2.28. The number of thiocarbonyl (C=S) groups is 1. The van der Waals surface area contributed by atoms with Crippen molar-refractivity contribution in [1.82, 2.24) is 10.6 Å². The molecule has 0 aromatic carbocycles. The van der Waals surface area contributed by atoms with Gasteiger partial charge in [-0.15, -0.1) is 0 Å². The van der Waals surface area contributed by atoms with E-state index in [1.54, 1.807) is 0 Å². The topological polar surface area (TPSA) is 65.8 Å². The van der Waals surface area contributed by atoms with Gasteiger partial charge in [0.2, 0.25) is 5.91 Å². The quantitative estimate of drug-likeness (QED) is 0.556. The Balaban J connectivity index is 1.49. The first-order valence-electron chi connectivity index (χ1n) is 9.74. The van der Waals surface area contributed by atoms with Gasteiger partial charge in [-0.3, -0.25) is 9.79 Å². The molecule has 1 heterocycles. The number of amides is 1. The summed E-state index contributed by atoms with van der Waals surface area (Å²) in [6.07, 6.45) is 14.3. The lowest BCUT2D eigenvalue weighted by molar-refractivity contribution is -0.126. The average molecular weight is 373 g/mol. The Morgan fingerprint density at radius 1 is 1.35 bits per heavy atom. The Kier molecular flexibility index (Phi) is 6.72. The lowest BCUT2D eigenvalue weighted by atomic mass is 9.81. The SMILES string of the molecule is CCCCNC(=O)C1CCC(CN=C2NC(=S)N=C3C=CC=CC32)CC1. The first-order chi connectivity index (χ1) is 12.7. The molecule has 1 saturated carbocycles. The van der Waals surface area contributed by atoms with E-state index in [-0.39, 0.29) is 17.7 Å². The number of nitrogens with zero attached hydrogens (tertiary/aromatic N) is 2. The van der Waals surface area contributed by atoms with Crippen LogP contribution in [-0.2, 0) is 4.79 Å². The summed E-state index contributed by atoms with van der Waals surface area (Å²) in [7, 11) is 0. The zero-order valence-corrected chi connectivity index (χ0v) is 16.2. The molecule has 1 fully saturated rings. The van der Waals surface area contributed by atoms with Crippen molar-refractivity contribution in [2.45, 2.75) is 45.4 Å². The smallest absolute Gasteiger partial charge is 0.223 e. The van der Waals surface area contributed by atoms with Gasteiger partial charge >= 0.3 is 0 Å². The minimum Gasteiger partial charge on any atom is -0.356 e. The van der Waals surface area contributed by atoms with Crippen LogP contribution in [0.5, 0.6) is 0 Å². The molecule has 2 aliphatic carbocycles. The summed E-state index contributed by atoms with van der Waals surface area (Å²) < 4.78 is 0. The van der Waals surface area contributed by atoms with E-state index in [4.69, 9.17) is 17.2 Å². The summed E-state index contributed by atoms with van der Waals surface area (Å²) in [6, 6.07) is 0. The van der Waals surface area contributed by atoms with E-state index in [9.17, 15) is 4.79 Å². The van der Waals surface area contributed by atoms with Gasteiger partial charge in [0.1, 0.15) is 5.84 Å². The third-order valence-corrected chi connectivity index (χ3v) is 5.52. The van der Waals surface area contributed by atoms with Crippen molar-refractivity contribution in [1.29, 1.82) is 0 Å². The zero-order chi connectivity index (χ0) is 18.4. The third-order valence-electron chi connectivity index (χ3n) is 5.33. The largest absolute Gasteiger partial charge is 0.356 e. The molecule has 0 aromatic rings. The van der Waals surface area contributed by atoms with Crippen LogP contribution < -0.4 is 10.6 Å². The van der Waals surface area contributed by atoms with Gasteiger partial charge in [0.05, 0.1) is 11.6 Å². The van der Waals surface area contributed by atoms with Crippen LogP contribution in [0.1, 0.15) is 45.4 Å². The van der Waals surface area contributed by atoms with E-state index < -0.39 is 0 Å². The van der Waals surface area contributed by atoms with Crippen LogP contribution in [-0.4, -0.2) is 35.7 Å². The minimum absolute atomic E-state index is 0.0902. The summed E-state index contributed by atoms with van der Waals surface area (Å²) in [5, 5.41) is 6.71. The molecule has 2 N–H and O–H groups in total.